The molecule has 2 rings (SSSR count). The molecule has 2 aromatic rings. The van der Waals surface area contributed by atoms with Gasteiger partial charge in [-0.2, -0.15) is 0 Å². The fraction of sp³-hybridized carbons (Fsp3) is 0. The maximum Gasteiger partial charge on any atom is 0.336 e. The van der Waals surface area contributed by atoms with Crippen molar-refractivity contribution in [2.75, 3.05) is 0 Å². The van der Waals surface area contributed by atoms with Crippen molar-refractivity contribution in [2.45, 2.75) is 0 Å². The Morgan fingerprint density at radius 2 is 1.71 bits per heavy atom. The highest BCUT2D eigenvalue weighted by Crippen LogP contribution is 2.26. The minimum Gasteiger partial charge on any atom is -0.508 e. The zero-order valence-electron chi connectivity index (χ0n) is 8.72. The van der Waals surface area contributed by atoms with Crippen molar-refractivity contribution in [3.63, 3.8) is 0 Å². The Morgan fingerprint density at radius 3 is 2.29 bits per heavy atom. The van der Waals surface area contributed by atoms with Crippen LogP contribution in [-0.2, 0) is 0 Å². The standard InChI is InChI=1S/C13H9FO3/c14-9-3-6-11(13(16)17)12(7-9)8-1-4-10(15)5-2-8/h1-7,15H,(H,16,17). The number of hydrogen-bond acceptors (Lipinski definition) is 2. The summed E-state index contributed by atoms with van der Waals surface area (Å²) < 4.78 is 13.1. The van der Waals surface area contributed by atoms with Crippen LogP contribution in [0.15, 0.2) is 42.5 Å². The van der Waals surface area contributed by atoms with Crippen LogP contribution in [0.1, 0.15) is 10.4 Å². The minimum absolute atomic E-state index is 0.0251. The molecule has 2 aromatic carbocycles. The highest BCUT2D eigenvalue weighted by atomic mass is 19.1. The second kappa shape index (κ2) is 4.25. The van der Waals surface area contributed by atoms with E-state index >= 15 is 0 Å². The fourth-order valence-electron chi connectivity index (χ4n) is 1.58. The fourth-order valence-corrected chi connectivity index (χ4v) is 1.58. The highest BCUT2D eigenvalue weighted by molar-refractivity contribution is 5.96. The molecule has 0 spiro atoms. The summed E-state index contributed by atoms with van der Waals surface area (Å²) >= 11 is 0. The van der Waals surface area contributed by atoms with Crippen LogP contribution >= 0.6 is 0 Å². The third-order valence-electron chi connectivity index (χ3n) is 2.39. The molecule has 86 valence electrons. The van der Waals surface area contributed by atoms with Crippen LogP contribution in [0.3, 0.4) is 0 Å². The number of hydrogen-bond donors (Lipinski definition) is 2. The number of phenols is 1. The molecule has 0 aliphatic heterocycles. The first-order chi connectivity index (χ1) is 8.08. The Kier molecular flexibility index (Phi) is 2.78. The lowest BCUT2D eigenvalue weighted by Crippen LogP contribution is -1.99. The number of carboxylic acid groups (broad SMARTS) is 1. The van der Waals surface area contributed by atoms with Crippen LogP contribution in [0.25, 0.3) is 11.1 Å². The topological polar surface area (TPSA) is 57.5 Å². The molecule has 0 radical (unpaired) electrons. The van der Waals surface area contributed by atoms with Gasteiger partial charge in [0.2, 0.25) is 0 Å². The molecule has 0 saturated carbocycles. The van der Waals surface area contributed by atoms with Crippen LogP contribution in [-0.4, -0.2) is 16.2 Å². The van der Waals surface area contributed by atoms with Crippen LogP contribution in [0.2, 0.25) is 0 Å². The van der Waals surface area contributed by atoms with Gasteiger partial charge in [0.1, 0.15) is 11.6 Å². The molecule has 0 aliphatic rings. The van der Waals surface area contributed by atoms with E-state index in [0.717, 1.165) is 12.1 Å². The Balaban J connectivity index is 2.60. The van der Waals surface area contributed by atoms with Crippen LogP contribution in [0, 0.1) is 5.82 Å². The molecular weight excluding hydrogens is 223 g/mol. The first kappa shape index (κ1) is 11.1. The van der Waals surface area contributed by atoms with Crippen molar-refractivity contribution in [1.82, 2.24) is 0 Å². The van der Waals surface area contributed by atoms with E-state index in [4.69, 9.17) is 10.2 Å². The lowest BCUT2D eigenvalue weighted by atomic mass is 9.99. The van der Waals surface area contributed by atoms with Crippen molar-refractivity contribution in [3.05, 3.63) is 53.8 Å². The van der Waals surface area contributed by atoms with Gasteiger partial charge in [0, 0.05) is 0 Å². The summed E-state index contributed by atoms with van der Waals surface area (Å²) in [6, 6.07) is 9.41. The second-order valence-corrected chi connectivity index (χ2v) is 3.54. The molecule has 0 atom stereocenters. The van der Waals surface area contributed by atoms with Gasteiger partial charge >= 0.3 is 5.97 Å². The first-order valence-electron chi connectivity index (χ1n) is 4.90. The SMILES string of the molecule is O=C(O)c1ccc(F)cc1-c1ccc(O)cc1. The average Bonchev–Trinajstić information content (AvgIpc) is 2.29. The first-order valence-corrected chi connectivity index (χ1v) is 4.90. The molecule has 2 N–H and O–H groups in total. The number of halogens is 1. The van der Waals surface area contributed by atoms with Crippen molar-refractivity contribution in [2.24, 2.45) is 0 Å². The number of benzene rings is 2. The molecule has 0 amide bonds. The summed E-state index contributed by atoms with van der Waals surface area (Å²) in [5.74, 6) is -1.55. The predicted molar refractivity (Wildman–Crippen MR) is 60.5 cm³/mol. The lowest BCUT2D eigenvalue weighted by molar-refractivity contribution is 0.0697. The van der Waals surface area contributed by atoms with Crippen molar-refractivity contribution in [3.8, 4) is 16.9 Å². The quantitative estimate of drug-likeness (QED) is 0.836. The lowest BCUT2D eigenvalue weighted by Gasteiger charge is -2.06. The zero-order valence-corrected chi connectivity index (χ0v) is 8.72. The predicted octanol–water partition coefficient (Wildman–Crippen LogP) is 2.90. The number of carboxylic acids is 1. The smallest absolute Gasteiger partial charge is 0.336 e. The van der Waals surface area contributed by atoms with E-state index in [9.17, 15) is 9.18 Å². The minimum atomic E-state index is -1.12. The van der Waals surface area contributed by atoms with E-state index in [1.807, 2.05) is 0 Å². The molecule has 0 unspecified atom stereocenters. The number of aromatic hydroxyl groups is 1. The molecule has 4 heteroatoms. The summed E-state index contributed by atoms with van der Waals surface area (Å²) in [4.78, 5) is 11.0. The molecule has 3 nitrogen and oxygen atoms in total. The number of phenolic OH excluding ortho intramolecular Hbond substituents is 1. The third-order valence-corrected chi connectivity index (χ3v) is 2.39. The highest BCUT2D eigenvalue weighted by Gasteiger charge is 2.12. The van der Waals surface area contributed by atoms with E-state index in [1.54, 1.807) is 0 Å². The molecule has 0 aromatic heterocycles. The molecule has 0 heterocycles. The summed E-state index contributed by atoms with van der Waals surface area (Å²) in [5, 5.41) is 18.1. The molecule has 0 bridgehead atoms. The van der Waals surface area contributed by atoms with Gasteiger partial charge in [0.05, 0.1) is 5.56 Å². The van der Waals surface area contributed by atoms with Gasteiger partial charge in [-0.3, -0.25) is 0 Å². The molecule has 17 heavy (non-hydrogen) atoms. The van der Waals surface area contributed by atoms with Gasteiger partial charge in [-0.05, 0) is 41.5 Å². The van der Waals surface area contributed by atoms with Crippen molar-refractivity contribution >= 4 is 5.97 Å². The third kappa shape index (κ3) is 2.25. The average molecular weight is 232 g/mol. The maximum atomic E-state index is 13.1. The molecule has 0 fully saturated rings. The zero-order chi connectivity index (χ0) is 12.4. The van der Waals surface area contributed by atoms with Crippen molar-refractivity contribution in [1.29, 1.82) is 0 Å². The molecule has 0 aliphatic carbocycles. The summed E-state index contributed by atoms with van der Waals surface area (Å²) in [5.41, 5.74) is 0.856. The molecule has 0 saturated heterocycles. The molecular formula is C13H9FO3. The summed E-state index contributed by atoms with van der Waals surface area (Å²) in [6.07, 6.45) is 0. The van der Waals surface area contributed by atoms with E-state index in [-0.39, 0.29) is 16.9 Å². The Hall–Kier alpha value is -2.36. The van der Waals surface area contributed by atoms with E-state index in [2.05, 4.69) is 0 Å². The van der Waals surface area contributed by atoms with Gasteiger partial charge in [-0.25, -0.2) is 9.18 Å². The van der Waals surface area contributed by atoms with Gasteiger partial charge < -0.3 is 10.2 Å². The summed E-state index contributed by atoms with van der Waals surface area (Å²) in [7, 11) is 0. The van der Waals surface area contributed by atoms with Gasteiger partial charge in [0.15, 0.2) is 0 Å². The maximum absolute atomic E-state index is 13.1. The number of rotatable bonds is 2. The van der Waals surface area contributed by atoms with Gasteiger partial charge in [-0.1, -0.05) is 12.1 Å². The monoisotopic (exact) mass is 232 g/mol. The largest absolute Gasteiger partial charge is 0.508 e. The van der Waals surface area contributed by atoms with Crippen LogP contribution in [0.4, 0.5) is 4.39 Å². The number of carbonyl (C=O) groups is 1. The Morgan fingerprint density at radius 1 is 1.06 bits per heavy atom. The van der Waals surface area contributed by atoms with Crippen LogP contribution in [0.5, 0.6) is 5.75 Å². The Labute approximate surface area is 96.8 Å². The summed E-state index contributed by atoms with van der Waals surface area (Å²) in [6.45, 7) is 0. The second-order valence-electron chi connectivity index (χ2n) is 3.54. The van der Waals surface area contributed by atoms with Gasteiger partial charge in [-0.15, -0.1) is 0 Å². The van der Waals surface area contributed by atoms with E-state index in [1.165, 1.54) is 30.3 Å². The number of aromatic carboxylic acids is 1. The van der Waals surface area contributed by atoms with Crippen molar-refractivity contribution < 1.29 is 19.4 Å². The van der Waals surface area contributed by atoms with E-state index in [0.29, 0.717) is 5.56 Å². The Bertz CT molecular complexity index is 561. The normalized spacial score (nSPS) is 10.2. The van der Waals surface area contributed by atoms with Crippen LogP contribution < -0.4 is 0 Å². The van der Waals surface area contributed by atoms with Gasteiger partial charge in [0.25, 0.3) is 0 Å². The van der Waals surface area contributed by atoms with E-state index < -0.39 is 11.8 Å².